The summed E-state index contributed by atoms with van der Waals surface area (Å²) in [6.07, 6.45) is 4.54. The molecule has 2 N–H and O–H groups in total. The van der Waals surface area contributed by atoms with Crippen molar-refractivity contribution in [1.29, 1.82) is 0 Å². The van der Waals surface area contributed by atoms with E-state index in [1.165, 1.54) is 27.1 Å². The Hall–Kier alpha value is -1.67. The number of unbranched alkanes of at least 4 members (excludes halogenated alkanes) is 3. The molecule has 0 aliphatic heterocycles. The summed E-state index contributed by atoms with van der Waals surface area (Å²) in [5.74, 6) is -1.01. The van der Waals surface area contributed by atoms with Crippen LogP contribution in [0.5, 0.6) is 0 Å². The van der Waals surface area contributed by atoms with Crippen molar-refractivity contribution in [1.82, 2.24) is 5.32 Å². The van der Waals surface area contributed by atoms with Gasteiger partial charge in [0.1, 0.15) is 9.88 Å². The van der Waals surface area contributed by atoms with E-state index in [2.05, 4.69) is 17.6 Å². The van der Waals surface area contributed by atoms with Gasteiger partial charge in [0.05, 0.1) is 19.8 Å². The molecule has 0 bridgehead atoms. The number of rotatable bonds is 8. The third-order valence-corrected chi connectivity index (χ3v) is 4.88. The van der Waals surface area contributed by atoms with Crippen LogP contribution < -0.4 is 10.6 Å². The highest BCUT2D eigenvalue weighted by atomic mass is 32.1. The van der Waals surface area contributed by atoms with Crippen molar-refractivity contribution in [2.45, 2.75) is 39.5 Å². The second-order valence-electron chi connectivity index (χ2n) is 5.19. The van der Waals surface area contributed by atoms with Crippen LogP contribution in [0, 0.1) is 6.92 Å². The van der Waals surface area contributed by atoms with Gasteiger partial charge in [-0.15, -0.1) is 11.3 Å². The highest BCUT2D eigenvalue weighted by Gasteiger charge is 2.26. The van der Waals surface area contributed by atoms with Crippen LogP contribution in [-0.4, -0.2) is 37.8 Å². The number of hydrogen-bond donors (Lipinski definition) is 2. The Labute approximate surface area is 151 Å². The second-order valence-corrected chi connectivity index (χ2v) is 6.61. The van der Waals surface area contributed by atoms with E-state index in [4.69, 9.17) is 21.7 Å². The number of thiocarbonyl (C=S) groups is 1. The minimum absolute atomic E-state index is 0.304. The molecule has 0 aromatic carbocycles. The molecular formula is C16H24N2O4S2. The molecule has 24 heavy (non-hydrogen) atoms. The van der Waals surface area contributed by atoms with Crippen molar-refractivity contribution < 1.29 is 19.1 Å². The van der Waals surface area contributed by atoms with Crippen LogP contribution in [0.15, 0.2) is 0 Å². The summed E-state index contributed by atoms with van der Waals surface area (Å²) in [7, 11) is 2.60. The smallest absolute Gasteiger partial charge is 0.348 e. The molecule has 0 atom stereocenters. The first-order valence-electron chi connectivity index (χ1n) is 7.81. The minimum atomic E-state index is -0.521. The SMILES string of the molecule is CCCCCCNC(=S)Nc1sc(C(=O)OC)c(C)c1C(=O)OC. The van der Waals surface area contributed by atoms with E-state index in [0.717, 1.165) is 30.7 Å². The zero-order valence-electron chi connectivity index (χ0n) is 14.5. The maximum atomic E-state index is 12.0. The van der Waals surface area contributed by atoms with Gasteiger partial charge in [-0.3, -0.25) is 0 Å². The number of esters is 2. The molecule has 0 saturated heterocycles. The number of anilines is 1. The van der Waals surface area contributed by atoms with Gasteiger partial charge in [-0.25, -0.2) is 9.59 Å². The van der Waals surface area contributed by atoms with Gasteiger partial charge < -0.3 is 20.1 Å². The molecular weight excluding hydrogens is 348 g/mol. The molecule has 1 heterocycles. The van der Waals surface area contributed by atoms with Crippen molar-refractivity contribution in [3.63, 3.8) is 0 Å². The van der Waals surface area contributed by atoms with Crippen LogP contribution in [0.2, 0.25) is 0 Å². The van der Waals surface area contributed by atoms with Gasteiger partial charge in [0, 0.05) is 6.54 Å². The van der Waals surface area contributed by atoms with E-state index < -0.39 is 11.9 Å². The molecule has 0 aliphatic rings. The molecule has 1 rings (SSSR count). The second kappa shape index (κ2) is 10.2. The fraction of sp³-hybridized carbons (Fsp3) is 0.562. The summed E-state index contributed by atoms with van der Waals surface area (Å²) in [4.78, 5) is 24.2. The number of hydrogen-bond acceptors (Lipinski definition) is 6. The molecule has 134 valence electrons. The molecule has 6 nitrogen and oxygen atoms in total. The first-order valence-corrected chi connectivity index (χ1v) is 9.03. The van der Waals surface area contributed by atoms with Crippen molar-refractivity contribution in [3.05, 3.63) is 16.0 Å². The minimum Gasteiger partial charge on any atom is -0.465 e. The summed E-state index contributed by atoms with van der Waals surface area (Å²) in [5.41, 5.74) is 0.824. The van der Waals surface area contributed by atoms with Crippen LogP contribution in [0.25, 0.3) is 0 Å². The number of nitrogens with one attached hydrogen (secondary N) is 2. The lowest BCUT2D eigenvalue weighted by atomic mass is 10.1. The van der Waals surface area contributed by atoms with Gasteiger partial charge >= 0.3 is 11.9 Å². The third kappa shape index (κ3) is 5.45. The van der Waals surface area contributed by atoms with Crippen molar-refractivity contribution >= 4 is 45.6 Å². The van der Waals surface area contributed by atoms with Crippen LogP contribution >= 0.6 is 23.6 Å². The molecule has 8 heteroatoms. The van der Waals surface area contributed by atoms with Gasteiger partial charge in [0.25, 0.3) is 0 Å². The standard InChI is InChI=1S/C16H24N2O4S2/c1-5-6-7-8-9-17-16(23)18-13-11(14(19)21-3)10(2)12(24-13)15(20)22-4/h5-9H2,1-4H3,(H2,17,18,23). The fourth-order valence-electron chi connectivity index (χ4n) is 2.14. The van der Waals surface area contributed by atoms with E-state index in [1.807, 2.05) is 0 Å². The van der Waals surface area contributed by atoms with E-state index in [9.17, 15) is 9.59 Å². The summed E-state index contributed by atoms with van der Waals surface area (Å²) in [6.45, 7) is 4.60. The van der Waals surface area contributed by atoms with Gasteiger partial charge in [-0.05, 0) is 31.1 Å². The lowest BCUT2D eigenvalue weighted by molar-refractivity contribution is 0.0601. The molecule has 1 aromatic heterocycles. The van der Waals surface area contributed by atoms with Gasteiger partial charge in [0.15, 0.2) is 5.11 Å². The Morgan fingerprint density at radius 1 is 1.12 bits per heavy atom. The monoisotopic (exact) mass is 372 g/mol. The zero-order valence-corrected chi connectivity index (χ0v) is 16.1. The zero-order chi connectivity index (χ0) is 18.1. The molecule has 0 aliphatic carbocycles. The van der Waals surface area contributed by atoms with E-state index in [1.54, 1.807) is 6.92 Å². The number of methoxy groups -OCH3 is 2. The topological polar surface area (TPSA) is 76.7 Å². The van der Waals surface area contributed by atoms with Crippen molar-refractivity contribution in [3.8, 4) is 0 Å². The molecule has 0 fully saturated rings. The summed E-state index contributed by atoms with van der Waals surface area (Å²) in [5, 5.41) is 6.98. The first-order chi connectivity index (χ1) is 11.5. The van der Waals surface area contributed by atoms with Crippen molar-refractivity contribution in [2.75, 3.05) is 26.1 Å². The Kier molecular flexibility index (Phi) is 8.70. The molecule has 0 saturated carbocycles. The lowest BCUT2D eigenvalue weighted by Gasteiger charge is -2.10. The van der Waals surface area contributed by atoms with E-state index >= 15 is 0 Å². The Morgan fingerprint density at radius 2 is 1.79 bits per heavy atom. The maximum absolute atomic E-state index is 12.0. The Bertz CT molecular complexity index is 599. The van der Waals surface area contributed by atoms with Gasteiger partial charge in [-0.1, -0.05) is 26.2 Å². The highest BCUT2D eigenvalue weighted by molar-refractivity contribution is 7.80. The lowest BCUT2D eigenvalue weighted by Crippen LogP contribution is -2.29. The van der Waals surface area contributed by atoms with Crippen LogP contribution in [0.3, 0.4) is 0 Å². The van der Waals surface area contributed by atoms with E-state index in [0.29, 0.717) is 26.1 Å². The van der Waals surface area contributed by atoms with Crippen LogP contribution in [0.1, 0.15) is 58.2 Å². The van der Waals surface area contributed by atoms with E-state index in [-0.39, 0.29) is 0 Å². The number of carbonyl (C=O) groups is 2. The van der Waals surface area contributed by atoms with Gasteiger partial charge in [-0.2, -0.15) is 0 Å². The molecule has 0 unspecified atom stereocenters. The highest BCUT2D eigenvalue weighted by Crippen LogP contribution is 2.34. The van der Waals surface area contributed by atoms with Crippen LogP contribution in [-0.2, 0) is 9.47 Å². The predicted octanol–water partition coefficient (Wildman–Crippen LogP) is 3.50. The average molecular weight is 373 g/mol. The van der Waals surface area contributed by atoms with Crippen molar-refractivity contribution in [2.24, 2.45) is 0 Å². The van der Waals surface area contributed by atoms with Gasteiger partial charge in [0.2, 0.25) is 0 Å². The third-order valence-electron chi connectivity index (χ3n) is 3.45. The number of ether oxygens (including phenoxy) is 2. The quantitative estimate of drug-likeness (QED) is 0.411. The average Bonchev–Trinajstić information content (AvgIpc) is 2.89. The Morgan fingerprint density at radius 3 is 2.38 bits per heavy atom. The first kappa shape index (κ1) is 20.4. The fourth-order valence-corrected chi connectivity index (χ4v) is 3.52. The molecule has 1 aromatic rings. The maximum Gasteiger partial charge on any atom is 0.348 e. The molecule has 0 spiro atoms. The predicted molar refractivity (Wildman–Crippen MR) is 100 cm³/mol. The Balaban J connectivity index is 2.84. The number of thiophene rings is 1. The largest absolute Gasteiger partial charge is 0.465 e. The van der Waals surface area contributed by atoms with Crippen LogP contribution in [0.4, 0.5) is 5.00 Å². The summed E-state index contributed by atoms with van der Waals surface area (Å²) >= 11 is 6.38. The molecule has 0 amide bonds. The summed E-state index contributed by atoms with van der Waals surface area (Å²) < 4.78 is 9.55. The number of carbonyl (C=O) groups excluding carboxylic acids is 2. The molecule has 0 radical (unpaired) electrons. The summed E-state index contributed by atoms with van der Waals surface area (Å²) in [6, 6.07) is 0. The normalized spacial score (nSPS) is 10.2.